The van der Waals surface area contributed by atoms with E-state index in [2.05, 4.69) is 66.3 Å². The van der Waals surface area contributed by atoms with Crippen molar-refractivity contribution in [1.82, 2.24) is 5.32 Å². The molecule has 0 bridgehead atoms. The van der Waals surface area contributed by atoms with Crippen LogP contribution in [0, 0.1) is 11.8 Å². The number of rotatable bonds is 8. The molecule has 102 valence electrons. The molecular weight excluding hydrogens is 286 g/mol. The van der Waals surface area contributed by atoms with Crippen LogP contribution in [0.5, 0.6) is 0 Å². The average Bonchev–Trinajstić information content (AvgIpc) is 2.38. The molecule has 1 nitrogen and oxygen atoms in total. The van der Waals surface area contributed by atoms with Gasteiger partial charge < -0.3 is 5.32 Å². The van der Waals surface area contributed by atoms with Crippen LogP contribution in [0.1, 0.15) is 39.2 Å². The van der Waals surface area contributed by atoms with E-state index in [4.69, 9.17) is 0 Å². The molecule has 0 saturated heterocycles. The molecule has 1 N–H and O–H groups in total. The van der Waals surface area contributed by atoms with Gasteiger partial charge in [0.2, 0.25) is 0 Å². The number of hydrogen-bond donors (Lipinski definition) is 1. The fourth-order valence-corrected chi connectivity index (χ4v) is 2.74. The fraction of sp³-hybridized carbons (Fsp3) is 0.625. The molecular formula is C16H26BrN. The van der Waals surface area contributed by atoms with Crippen LogP contribution < -0.4 is 5.32 Å². The minimum Gasteiger partial charge on any atom is -0.317 e. The van der Waals surface area contributed by atoms with Gasteiger partial charge in [0.05, 0.1) is 0 Å². The lowest BCUT2D eigenvalue weighted by Crippen LogP contribution is -2.25. The Kier molecular flexibility index (Phi) is 7.60. The van der Waals surface area contributed by atoms with E-state index >= 15 is 0 Å². The summed E-state index contributed by atoms with van der Waals surface area (Å²) in [6.07, 6.45) is 3.75. The molecule has 0 aliphatic rings. The highest BCUT2D eigenvalue weighted by atomic mass is 79.9. The van der Waals surface area contributed by atoms with Gasteiger partial charge in [-0.25, -0.2) is 0 Å². The van der Waals surface area contributed by atoms with E-state index in [-0.39, 0.29) is 0 Å². The molecule has 0 fully saturated rings. The van der Waals surface area contributed by atoms with E-state index in [0.717, 1.165) is 24.9 Å². The summed E-state index contributed by atoms with van der Waals surface area (Å²) >= 11 is 3.66. The van der Waals surface area contributed by atoms with Crippen molar-refractivity contribution in [3.63, 3.8) is 0 Å². The Labute approximate surface area is 120 Å². The lowest BCUT2D eigenvalue weighted by atomic mass is 9.89. The third-order valence-corrected chi connectivity index (χ3v) is 4.36. The summed E-state index contributed by atoms with van der Waals surface area (Å²) in [5.41, 5.74) is 1.43. The summed E-state index contributed by atoms with van der Waals surface area (Å²) in [5.74, 6) is 1.55. The molecule has 0 spiro atoms. The summed E-state index contributed by atoms with van der Waals surface area (Å²) in [7, 11) is 0. The predicted molar refractivity (Wildman–Crippen MR) is 84.0 cm³/mol. The van der Waals surface area contributed by atoms with Crippen LogP contribution in [0.3, 0.4) is 0 Å². The molecule has 0 saturated carbocycles. The van der Waals surface area contributed by atoms with Gasteiger partial charge in [-0.1, -0.05) is 61.3 Å². The van der Waals surface area contributed by atoms with Crippen molar-refractivity contribution in [2.24, 2.45) is 11.8 Å². The second kappa shape index (κ2) is 8.71. The third-order valence-electron chi connectivity index (χ3n) is 3.58. The van der Waals surface area contributed by atoms with Gasteiger partial charge in [-0.2, -0.15) is 0 Å². The van der Waals surface area contributed by atoms with Gasteiger partial charge in [0.1, 0.15) is 0 Å². The minimum atomic E-state index is 0.735. The molecule has 0 aromatic heterocycles. The van der Waals surface area contributed by atoms with E-state index in [1.165, 1.54) is 29.3 Å². The van der Waals surface area contributed by atoms with Gasteiger partial charge in [-0.15, -0.1) is 0 Å². The van der Waals surface area contributed by atoms with E-state index in [1.807, 2.05) is 0 Å². The Balaban J connectivity index is 2.62. The van der Waals surface area contributed by atoms with Crippen LogP contribution in [-0.2, 0) is 6.42 Å². The van der Waals surface area contributed by atoms with Crippen LogP contribution >= 0.6 is 15.9 Å². The van der Waals surface area contributed by atoms with Crippen molar-refractivity contribution < 1.29 is 0 Å². The van der Waals surface area contributed by atoms with E-state index in [0.29, 0.717) is 0 Å². The lowest BCUT2D eigenvalue weighted by molar-refractivity contribution is 0.365. The smallest absolute Gasteiger partial charge is 0.0207 e. The van der Waals surface area contributed by atoms with Crippen molar-refractivity contribution in [2.45, 2.75) is 40.0 Å². The van der Waals surface area contributed by atoms with Crippen molar-refractivity contribution >= 4 is 15.9 Å². The molecule has 18 heavy (non-hydrogen) atoms. The van der Waals surface area contributed by atoms with E-state index in [1.54, 1.807) is 0 Å². The monoisotopic (exact) mass is 311 g/mol. The molecule has 0 aliphatic heterocycles. The molecule has 0 radical (unpaired) electrons. The Morgan fingerprint density at radius 2 is 1.94 bits per heavy atom. The van der Waals surface area contributed by atoms with Crippen LogP contribution in [0.4, 0.5) is 0 Å². The molecule has 2 heteroatoms. The Morgan fingerprint density at radius 3 is 2.56 bits per heavy atom. The molecule has 1 rings (SSSR count). The molecule has 0 aliphatic carbocycles. The van der Waals surface area contributed by atoms with Gasteiger partial charge in [0, 0.05) is 4.47 Å². The van der Waals surface area contributed by atoms with Gasteiger partial charge in [-0.3, -0.25) is 0 Å². The lowest BCUT2D eigenvalue weighted by Gasteiger charge is -2.21. The summed E-state index contributed by atoms with van der Waals surface area (Å²) in [6.45, 7) is 9.01. The highest BCUT2D eigenvalue weighted by molar-refractivity contribution is 9.10. The van der Waals surface area contributed by atoms with E-state index < -0.39 is 0 Å². The van der Waals surface area contributed by atoms with Crippen molar-refractivity contribution in [3.05, 3.63) is 34.3 Å². The van der Waals surface area contributed by atoms with Crippen molar-refractivity contribution in [1.29, 1.82) is 0 Å². The maximum absolute atomic E-state index is 3.66. The summed E-state index contributed by atoms with van der Waals surface area (Å²) < 4.78 is 1.25. The highest BCUT2D eigenvalue weighted by Gasteiger charge is 2.14. The largest absolute Gasteiger partial charge is 0.317 e. The maximum atomic E-state index is 3.66. The van der Waals surface area contributed by atoms with Gasteiger partial charge in [-0.05, 0) is 49.4 Å². The predicted octanol–water partition coefficient (Wildman–Crippen LogP) is 4.65. The summed E-state index contributed by atoms with van der Waals surface area (Å²) in [4.78, 5) is 0. The first-order valence-electron chi connectivity index (χ1n) is 7.11. The van der Waals surface area contributed by atoms with Crippen LogP contribution in [0.15, 0.2) is 28.7 Å². The zero-order chi connectivity index (χ0) is 13.4. The van der Waals surface area contributed by atoms with Crippen molar-refractivity contribution in [3.8, 4) is 0 Å². The zero-order valence-corrected chi connectivity index (χ0v) is 13.5. The van der Waals surface area contributed by atoms with Crippen molar-refractivity contribution in [2.75, 3.05) is 13.1 Å². The first-order valence-corrected chi connectivity index (χ1v) is 7.90. The number of hydrogen-bond acceptors (Lipinski definition) is 1. The number of halogens is 1. The summed E-state index contributed by atoms with van der Waals surface area (Å²) in [6, 6.07) is 8.59. The van der Waals surface area contributed by atoms with Crippen LogP contribution in [0.25, 0.3) is 0 Å². The first-order chi connectivity index (χ1) is 8.67. The standard InChI is InChI=1S/C16H26BrN/c1-4-13(3)10-14(12-18-5-2)11-15-8-6-7-9-16(15)17/h6-9,13-14,18H,4-5,10-12H2,1-3H3. The molecule has 2 unspecified atom stereocenters. The molecule has 2 atom stereocenters. The fourth-order valence-electron chi connectivity index (χ4n) is 2.30. The summed E-state index contributed by atoms with van der Waals surface area (Å²) in [5, 5.41) is 3.50. The second-order valence-corrected chi connectivity index (χ2v) is 6.07. The van der Waals surface area contributed by atoms with Gasteiger partial charge in [0.25, 0.3) is 0 Å². The third kappa shape index (κ3) is 5.53. The Bertz CT molecular complexity index is 338. The van der Waals surface area contributed by atoms with Crippen LogP contribution in [0.2, 0.25) is 0 Å². The van der Waals surface area contributed by atoms with E-state index in [9.17, 15) is 0 Å². The number of benzene rings is 1. The van der Waals surface area contributed by atoms with Gasteiger partial charge >= 0.3 is 0 Å². The second-order valence-electron chi connectivity index (χ2n) is 5.22. The number of nitrogens with one attached hydrogen (secondary N) is 1. The first kappa shape index (κ1) is 15.7. The average molecular weight is 312 g/mol. The highest BCUT2D eigenvalue weighted by Crippen LogP contribution is 2.23. The van der Waals surface area contributed by atoms with Crippen LogP contribution in [-0.4, -0.2) is 13.1 Å². The molecule has 1 aromatic rings. The topological polar surface area (TPSA) is 12.0 Å². The molecule has 0 amide bonds. The molecule has 1 aromatic carbocycles. The zero-order valence-electron chi connectivity index (χ0n) is 11.9. The SMILES string of the molecule is CCNCC(Cc1ccccc1Br)CC(C)CC. The normalized spacial score (nSPS) is 14.4. The minimum absolute atomic E-state index is 0.735. The maximum Gasteiger partial charge on any atom is 0.0207 e. The Hall–Kier alpha value is -0.340. The van der Waals surface area contributed by atoms with Gasteiger partial charge in [0.15, 0.2) is 0 Å². The Morgan fingerprint density at radius 1 is 1.22 bits per heavy atom. The molecule has 0 heterocycles. The quantitative estimate of drug-likeness (QED) is 0.736.